The molecule has 0 spiro atoms. The van der Waals surface area contributed by atoms with Gasteiger partial charge in [0.25, 0.3) is 0 Å². The van der Waals surface area contributed by atoms with E-state index in [2.05, 4.69) is 0 Å². The first kappa shape index (κ1) is 19.7. The van der Waals surface area contributed by atoms with E-state index in [-0.39, 0.29) is 18.3 Å². The van der Waals surface area contributed by atoms with Gasteiger partial charge in [0.05, 0.1) is 12.2 Å². The number of carbonyl (C=O) groups is 1. The molecule has 156 valence electrons. The van der Waals surface area contributed by atoms with Crippen LogP contribution >= 0.6 is 11.6 Å². The molecule has 2 aliphatic rings. The molecule has 0 amide bonds. The molecular formula is C25H19ClO5. The molecule has 0 unspecified atom stereocenters. The Morgan fingerprint density at radius 2 is 1.94 bits per heavy atom. The summed E-state index contributed by atoms with van der Waals surface area (Å²) in [6.07, 6.45) is 1.66. The normalized spacial score (nSPS) is 15.8. The second-order valence-corrected chi connectivity index (χ2v) is 7.90. The van der Waals surface area contributed by atoms with E-state index in [4.69, 9.17) is 30.5 Å². The molecule has 2 aliphatic heterocycles. The van der Waals surface area contributed by atoms with Gasteiger partial charge in [-0.25, -0.2) is 0 Å². The lowest BCUT2D eigenvalue weighted by Gasteiger charge is -2.20. The predicted molar refractivity (Wildman–Crippen MR) is 117 cm³/mol. The highest BCUT2D eigenvalue weighted by Crippen LogP contribution is 2.38. The van der Waals surface area contributed by atoms with E-state index in [1.165, 1.54) is 5.56 Å². The lowest BCUT2D eigenvalue weighted by molar-refractivity contribution is -0.0165. The Bertz CT molecular complexity index is 1200. The highest BCUT2D eigenvalue weighted by molar-refractivity contribution is 6.31. The van der Waals surface area contributed by atoms with Crippen LogP contribution in [0.3, 0.4) is 0 Å². The van der Waals surface area contributed by atoms with Crippen LogP contribution in [-0.4, -0.2) is 12.6 Å². The summed E-state index contributed by atoms with van der Waals surface area (Å²) in [5, 5.41) is 0.537. The highest BCUT2D eigenvalue weighted by Gasteiger charge is 2.28. The largest absolute Gasteiger partial charge is 0.489 e. The molecule has 0 fully saturated rings. The van der Waals surface area contributed by atoms with E-state index in [1.54, 1.807) is 36.4 Å². The van der Waals surface area contributed by atoms with Crippen LogP contribution < -0.4 is 14.2 Å². The second-order valence-electron chi connectivity index (χ2n) is 7.47. The summed E-state index contributed by atoms with van der Waals surface area (Å²) in [4.78, 5) is 12.8. The summed E-state index contributed by atoms with van der Waals surface area (Å²) in [6, 6.07) is 16.9. The molecule has 0 N–H and O–H groups in total. The number of allylic oxidation sites excluding steroid dienone is 1. The number of aryl methyl sites for hydroxylation is 1. The summed E-state index contributed by atoms with van der Waals surface area (Å²) in [5.74, 6) is 1.77. The summed E-state index contributed by atoms with van der Waals surface area (Å²) < 4.78 is 22.7. The van der Waals surface area contributed by atoms with E-state index >= 15 is 0 Å². The van der Waals surface area contributed by atoms with Crippen LogP contribution in [0.15, 0.2) is 60.4 Å². The van der Waals surface area contributed by atoms with Crippen LogP contribution in [0.1, 0.15) is 32.6 Å². The number of ether oxygens (including phenoxy) is 4. The van der Waals surface area contributed by atoms with Crippen LogP contribution in [0.4, 0.5) is 0 Å². The topological polar surface area (TPSA) is 54.0 Å². The maximum absolute atomic E-state index is 12.8. The predicted octanol–water partition coefficient (Wildman–Crippen LogP) is 5.71. The van der Waals surface area contributed by atoms with Crippen molar-refractivity contribution in [3.05, 3.63) is 93.2 Å². The van der Waals surface area contributed by atoms with Gasteiger partial charge in [0.15, 0.2) is 12.6 Å². The van der Waals surface area contributed by atoms with Crippen molar-refractivity contribution >= 4 is 23.5 Å². The van der Waals surface area contributed by atoms with Crippen LogP contribution in [0.2, 0.25) is 5.02 Å². The van der Waals surface area contributed by atoms with Gasteiger partial charge >= 0.3 is 0 Å². The van der Waals surface area contributed by atoms with Gasteiger partial charge < -0.3 is 18.9 Å². The summed E-state index contributed by atoms with van der Waals surface area (Å²) in [6.45, 7) is 3.04. The molecule has 31 heavy (non-hydrogen) atoms. The summed E-state index contributed by atoms with van der Waals surface area (Å²) >= 11 is 6.22. The van der Waals surface area contributed by atoms with Crippen molar-refractivity contribution in [1.82, 2.24) is 0 Å². The molecular weight excluding hydrogens is 416 g/mol. The van der Waals surface area contributed by atoms with Crippen LogP contribution in [0, 0.1) is 6.92 Å². The molecule has 0 bridgehead atoms. The van der Waals surface area contributed by atoms with E-state index in [0.717, 1.165) is 11.1 Å². The number of hydrogen-bond donors (Lipinski definition) is 0. The van der Waals surface area contributed by atoms with E-state index in [0.29, 0.717) is 46.6 Å². The Hall–Kier alpha value is -3.28. The maximum Gasteiger partial charge on any atom is 0.231 e. The van der Waals surface area contributed by atoms with Crippen molar-refractivity contribution in [3.8, 4) is 17.2 Å². The first-order chi connectivity index (χ1) is 15.1. The Kier molecular flexibility index (Phi) is 5.14. The van der Waals surface area contributed by atoms with Gasteiger partial charge in [-0.1, -0.05) is 41.4 Å². The lowest BCUT2D eigenvalue weighted by Crippen LogP contribution is -2.12. The van der Waals surface area contributed by atoms with E-state index in [9.17, 15) is 4.79 Å². The molecule has 6 heteroatoms. The van der Waals surface area contributed by atoms with Crippen molar-refractivity contribution in [1.29, 1.82) is 0 Å². The number of carbonyl (C=O) groups excluding carboxylic acids is 1. The number of benzene rings is 3. The minimum absolute atomic E-state index is 0.154. The Labute approximate surface area is 184 Å². The quantitative estimate of drug-likeness (QED) is 0.492. The minimum atomic E-state index is -0.194. The first-order valence-electron chi connectivity index (χ1n) is 9.86. The summed E-state index contributed by atoms with van der Waals surface area (Å²) in [7, 11) is 0. The molecule has 5 nitrogen and oxygen atoms in total. The van der Waals surface area contributed by atoms with Crippen LogP contribution in [0.25, 0.3) is 6.08 Å². The zero-order valence-corrected chi connectivity index (χ0v) is 17.6. The fourth-order valence-corrected chi connectivity index (χ4v) is 3.81. The fraction of sp³-hybridized carbons (Fsp3) is 0.160. The van der Waals surface area contributed by atoms with Gasteiger partial charge in [-0.05, 0) is 42.8 Å². The fourth-order valence-electron chi connectivity index (χ4n) is 3.57. The summed E-state index contributed by atoms with van der Waals surface area (Å²) in [5.41, 5.74) is 4.28. The van der Waals surface area contributed by atoms with Crippen molar-refractivity contribution in [3.63, 3.8) is 0 Å². The second kappa shape index (κ2) is 8.10. The average molecular weight is 435 g/mol. The Morgan fingerprint density at radius 3 is 2.77 bits per heavy atom. The Balaban J connectivity index is 1.38. The zero-order chi connectivity index (χ0) is 21.4. The molecule has 3 aromatic carbocycles. The van der Waals surface area contributed by atoms with Gasteiger partial charge in [0.1, 0.15) is 23.9 Å². The highest BCUT2D eigenvalue weighted by atomic mass is 35.5. The van der Waals surface area contributed by atoms with Crippen molar-refractivity contribution in [2.75, 3.05) is 6.79 Å². The van der Waals surface area contributed by atoms with Crippen molar-refractivity contribution < 1.29 is 23.7 Å². The molecule has 0 atom stereocenters. The van der Waals surface area contributed by atoms with Crippen molar-refractivity contribution in [2.24, 2.45) is 0 Å². The molecule has 0 aromatic heterocycles. The minimum Gasteiger partial charge on any atom is -0.489 e. The molecule has 0 radical (unpaired) electrons. The molecule has 3 aromatic rings. The van der Waals surface area contributed by atoms with Gasteiger partial charge in [-0.3, -0.25) is 4.79 Å². The Morgan fingerprint density at radius 1 is 1.10 bits per heavy atom. The number of hydrogen-bond acceptors (Lipinski definition) is 5. The number of fused-ring (bicyclic) bond motifs is 2. The molecule has 2 heterocycles. The standard InChI is InChI=1S/C25H19ClO5/c1-15-2-4-16(5-3-15)12-29-20-6-7-21-22(11-20)31-23(24(21)27)10-17-8-19(26)9-18-13-28-14-30-25(17)18/h2-11H,12-14H2,1H3/b23-10-. The molecule has 0 aliphatic carbocycles. The van der Waals surface area contributed by atoms with Gasteiger partial charge in [-0.15, -0.1) is 0 Å². The lowest BCUT2D eigenvalue weighted by atomic mass is 10.1. The zero-order valence-electron chi connectivity index (χ0n) is 16.8. The SMILES string of the molecule is Cc1ccc(COc2ccc3c(c2)O/C(=C\c2cc(Cl)cc4c2OCOC4)C3=O)cc1. The monoisotopic (exact) mass is 434 g/mol. The van der Waals surface area contributed by atoms with Gasteiger partial charge in [0.2, 0.25) is 5.78 Å². The molecule has 0 saturated carbocycles. The first-order valence-corrected chi connectivity index (χ1v) is 10.2. The number of ketones is 1. The molecule has 0 saturated heterocycles. The van der Waals surface area contributed by atoms with Crippen LogP contribution in [0.5, 0.6) is 17.2 Å². The number of halogens is 1. The third-order valence-corrected chi connectivity index (χ3v) is 5.38. The van der Waals surface area contributed by atoms with Gasteiger partial charge in [-0.2, -0.15) is 0 Å². The smallest absolute Gasteiger partial charge is 0.231 e. The molecule has 5 rings (SSSR count). The number of Topliss-reactive ketones (excluding diaryl/α,β-unsaturated/α-hetero) is 1. The third kappa shape index (κ3) is 4.02. The average Bonchev–Trinajstić information content (AvgIpc) is 3.08. The van der Waals surface area contributed by atoms with Crippen molar-refractivity contribution in [2.45, 2.75) is 20.1 Å². The van der Waals surface area contributed by atoms with Crippen LogP contribution in [-0.2, 0) is 18.0 Å². The van der Waals surface area contributed by atoms with Gasteiger partial charge in [0, 0.05) is 22.2 Å². The van der Waals surface area contributed by atoms with E-state index in [1.807, 2.05) is 31.2 Å². The number of rotatable bonds is 4. The maximum atomic E-state index is 12.8. The third-order valence-electron chi connectivity index (χ3n) is 5.16. The van der Waals surface area contributed by atoms with E-state index < -0.39 is 0 Å².